The van der Waals surface area contributed by atoms with Gasteiger partial charge in [0.1, 0.15) is 6.04 Å². The van der Waals surface area contributed by atoms with E-state index in [0.717, 1.165) is 77.3 Å². The molecule has 0 spiro atoms. The third kappa shape index (κ3) is 12.8. The first-order valence-electron chi connectivity index (χ1n) is 15.7. The number of alkyl carbamates (subject to hydrolysis) is 1. The summed E-state index contributed by atoms with van der Waals surface area (Å²) in [5.74, 6) is -1.98. The molecule has 1 N–H and O–H groups in total. The van der Waals surface area contributed by atoms with Crippen LogP contribution in [0.3, 0.4) is 0 Å². The number of hydrogen-bond donors (Lipinski definition) is 1. The van der Waals surface area contributed by atoms with E-state index in [1.807, 2.05) is 0 Å². The molecule has 13 nitrogen and oxygen atoms in total. The van der Waals surface area contributed by atoms with Crippen LogP contribution in [0.2, 0.25) is 0 Å². The van der Waals surface area contributed by atoms with Gasteiger partial charge in [0.25, 0.3) is 0 Å². The molecule has 44 heavy (non-hydrogen) atoms. The van der Waals surface area contributed by atoms with Gasteiger partial charge in [-0.1, -0.05) is 38.5 Å². The van der Waals surface area contributed by atoms with Crippen molar-refractivity contribution in [2.24, 2.45) is 11.8 Å². The fourth-order valence-corrected chi connectivity index (χ4v) is 6.35. The van der Waals surface area contributed by atoms with Gasteiger partial charge in [-0.25, -0.2) is 14.4 Å². The monoisotopic (exact) mass is 644 g/mol. The first-order valence-corrected chi connectivity index (χ1v) is 16.6. The van der Waals surface area contributed by atoms with E-state index in [-0.39, 0.29) is 18.4 Å². The van der Waals surface area contributed by atoms with Crippen molar-refractivity contribution in [1.29, 1.82) is 0 Å². The van der Waals surface area contributed by atoms with Gasteiger partial charge in [-0.3, -0.25) is 14.5 Å². The lowest BCUT2D eigenvalue weighted by Crippen LogP contribution is -2.54. The number of esters is 3. The van der Waals surface area contributed by atoms with Gasteiger partial charge in [-0.2, -0.15) is 0 Å². The summed E-state index contributed by atoms with van der Waals surface area (Å²) < 4.78 is 29.9. The number of ether oxygens (including phenoxy) is 6. The topological polar surface area (TPSA) is 156 Å². The molecule has 0 bridgehead atoms. The Bertz CT molecular complexity index is 945. The molecule has 3 fully saturated rings. The molecular weight excluding hydrogens is 596 g/mol. The van der Waals surface area contributed by atoms with Crippen LogP contribution in [0.4, 0.5) is 9.59 Å². The van der Waals surface area contributed by atoms with Crippen LogP contribution in [0, 0.1) is 11.8 Å². The highest BCUT2D eigenvalue weighted by Gasteiger charge is 2.41. The molecule has 3 rings (SSSR count). The fraction of sp³-hybridized carbons (Fsp3) is 0.833. The zero-order valence-electron chi connectivity index (χ0n) is 26.0. The van der Waals surface area contributed by atoms with Gasteiger partial charge in [-0.15, -0.1) is 0 Å². The lowest BCUT2D eigenvalue weighted by Gasteiger charge is -2.31. The van der Waals surface area contributed by atoms with Gasteiger partial charge >= 0.3 is 29.3 Å². The third-order valence-corrected chi connectivity index (χ3v) is 9.20. The number of thioether (sulfide) groups is 1. The summed E-state index contributed by atoms with van der Waals surface area (Å²) in [6.45, 7) is 5.72. The number of nitrogens with one attached hydrogen (secondary N) is 1. The van der Waals surface area contributed by atoms with E-state index < -0.39 is 53.7 Å². The van der Waals surface area contributed by atoms with Crippen molar-refractivity contribution < 1.29 is 52.4 Å². The van der Waals surface area contributed by atoms with Crippen LogP contribution in [0.25, 0.3) is 0 Å². The molecule has 1 heterocycles. The minimum absolute atomic E-state index is 0.102. The standard InChI is InChI=1S/C30H48N2O11S/c1-30(2,44-29(37)43-21-41-26(34)23-12-7-4-8-13-23)24(27(35)39-17-9-14-32-15-18-38-19-16-32)31-28(36)42-20-40-25(33)22-10-5-3-6-11-22/h22-24H,3-21H2,1-2H3,(H,31,36)/t24-/m0/s1. The van der Waals surface area contributed by atoms with E-state index in [1.54, 1.807) is 13.8 Å². The van der Waals surface area contributed by atoms with Gasteiger partial charge in [0, 0.05) is 19.6 Å². The molecule has 0 aromatic carbocycles. The Hall–Kier alpha value is -2.58. The Morgan fingerprint density at radius 3 is 1.91 bits per heavy atom. The summed E-state index contributed by atoms with van der Waals surface area (Å²) >= 11 is 0.646. The highest BCUT2D eigenvalue weighted by atomic mass is 32.2. The fourth-order valence-electron chi connectivity index (χ4n) is 5.54. The first-order chi connectivity index (χ1) is 21.2. The van der Waals surface area contributed by atoms with Crippen molar-refractivity contribution in [3.05, 3.63) is 0 Å². The molecule has 3 aliphatic rings. The second-order valence-electron chi connectivity index (χ2n) is 11.9. The summed E-state index contributed by atoms with van der Waals surface area (Å²) in [6.07, 6.45) is 8.57. The Kier molecular flexibility index (Phi) is 15.5. The number of carbonyl (C=O) groups excluding carboxylic acids is 5. The van der Waals surface area contributed by atoms with Crippen LogP contribution in [-0.2, 0) is 42.8 Å². The molecule has 1 amide bonds. The highest BCUT2D eigenvalue weighted by molar-refractivity contribution is 8.14. The predicted molar refractivity (Wildman–Crippen MR) is 159 cm³/mol. The largest absolute Gasteiger partial charge is 0.464 e. The summed E-state index contributed by atoms with van der Waals surface area (Å²) in [5.41, 5.74) is 0. The van der Waals surface area contributed by atoms with Crippen LogP contribution in [0.1, 0.15) is 84.5 Å². The number of carbonyl (C=O) groups is 5. The Balaban J connectivity index is 1.49. The normalized spacial score (nSPS) is 19.3. The van der Waals surface area contributed by atoms with Gasteiger partial charge in [0.2, 0.25) is 13.6 Å². The molecule has 1 atom stereocenters. The quantitative estimate of drug-likeness (QED) is 0.125. The third-order valence-electron chi connectivity index (χ3n) is 8.15. The minimum Gasteiger partial charge on any atom is -0.464 e. The molecule has 250 valence electrons. The van der Waals surface area contributed by atoms with Gasteiger partial charge < -0.3 is 33.7 Å². The lowest BCUT2D eigenvalue weighted by molar-refractivity contribution is -0.159. The van der Waals surface area contributed by atoms with E-state index in [0.29, 0.717) is 37.9 Å². The maximum absolute atomic E-state index is 13.2. The van der Waals surface area contributed by atoms with Crippen LogP contribution in [0.15, 0.2) is 0 Å². The highest BCUT2D eigenvalue weighted by Crippen LogP contribution is 2.31. The van der Waals surface area contributed by atoms with Crippen molar-refractivity contribution in [3.8, 4) is 0 Å². The summed E-state index contributed by atoms with van der Waals surface area (Å²) in [6, 6.07) is -1.32. The SMILES string of the molecule is CC(C)(SC(=O)OCOC(=O)C1CCCCC1)[C@@H](NC(=O)OCOC(=O)C1CCCCC1)C(=O)OCCCN1CCOCC1. The smallest absolute Gasteiger partial charge is 0.410 e. The average molecular weight is 645 g/mol. The number of hydrogen-bond acceptors (Lipinski definition) is 13. The maximum atomic E-state index is 13.2. The molecule has 2 saturated carbocycles. The van der Waals surface area contributed by atoms with Crippen molar-refractivity contribution in [3.63, 3.8) is 0 Å². The second kappa shape index (κ2) is 19.1. The van der Waals surface area contributed by atoms with E-state index >= 15 is 0 Å². The lowest BCUT2D eigenvalue weighted by atomic mass is 9.89. The Morgan fingerprint density at radius 2 is 1.34 bits per heavy atom. The van der Waals surface area contributed by atoms with Crippen LogP contribution in [-0.4, -0.2) is 98.0 Å². The van der Waals surface area contributed by atoms with Crippen molar-refractivity contribution in [2.75, 3.05) is 53.0 Å². The van der Waals surface area contributed by atoms with Crippen LogP contribution in [0.5, 0.6) is 0 Å². The summed E-state index contributed by atoms with van der Waals surface area (Å²) in [4.78, 5) is 65.2. The van der Waals surface area contributed by atoms with Crippen molar-refractivity contribution in [2.45, 2.75) is 95.3 Å². The van der Waals surface area contributed by atoms with E-state index in [4.69, 9.17) is 28.4 Å². The first kappa shape index (κ1) is 35.9. The molecule has 14 heteroatoms. The van der Waals surface area contributed by atoms with Gasteiger partial charge in [0.05, 0.1) is 36.4 Å². The zero-order valence-corrected chi connectivity index (χ0v) is 26.8. The zero-order chi connectivity index (χ0) is 31.8. The number of amides is 1. The molecule has 1 saturated heterocycles. The Labute approximate surface area is 263 Å². The van der Waals surface area contributed by atoms with E-state index in [9.17, 15) is 24.0 Å². The molecular formula is C30H48N2O11S. The van der Waals surface area contributed by atoms with Crippen molar-refractivity contribution in [1.82, 2.24) is 10.2 Å². The molecule has 0 unspecified atom stereocenters. The second-order valence-corrected chi connectivity index (χ2v) is 13.5. The van der Waals surface area contributed by atoms with Crippen molar-refractivity contribution >= 4 is 41.1 Å². The number of morpholine rings is 1. The Morgan fingerprint density at radius 1 is 0.795 bits per heavy atom. The molecule has 0 radical (unpaired) electrons. The molecule has 0 aromatic rings. The maximum Gasteiger partial charge on any atom is 0.410 e. The van der Waals surface area contributed by atoms with E-state index in [2.05, 4.69) is 10.2 Å². The molecule has 1 aliphatic heterocycles. The van der Waals surface area contributed by atoms with Crippen LogP contribution >= 0.6 is 11.8 Å². The summed E-state index contributed by atoms with van der Waals surface area (Å²) in [7, 11) is 0. The average Bonchev–Trinajstić information content (AvgIpc) is 3.02. The summed E-state index contributed by atoms with van der Waals surface area (Å²) in [5, 5.41) is 1.66. The molecule has 0 aromatic heterocycles. The van der Waals surface area contributed by atoms with Crippen LogP contribution < -0.4 is 5.32 Å². The van der Waals surface area contributed by atoms with E-state index in [1.165, 1.54) is 0 Å². The number of nitrogens with zero attached hydrogens (tertiary/aromatic N) is 1. The number of rotatable bonds is 14. The molecule has 2 aliphatic carbocycles. The minimum atomic E-state index is -1.32. The van der Waals surface area contributed by atoms with Gasteiger partial charge in [0.15, 0.2) is 0 Å². The predicted octanol–water partition coefficient (Wildman–Crippen LogP) is 4.16. The van der Waals surface area contributed by atoms with Gasteiger partial charge in [-0.05, 0) is 57.7 Å².